The third kappa shape index (κ3) is 2.37. The number of para-hydroxylation sites is 1. The van der Waals surface area contributed by atoms with Crippen molar-refractivity contribution in [3.63, 3.8) is 0 Å². The van der Waals surface area contributed by atoms with Crippen LogP contribution in [0.3, 0.4) is 0 Å². The molecule has 2 aromatic rings. The van der Waals surface area contributed by atoms with E-state index in [1.54, 1.807) is 5.01 Å². The van der Waals surface area contributed by atoms with Gasteiger partial charge in [-0.3, -0.25) is 5.01 Å². The van der Waals surface area contributed by atoms with Gasteiger partial charge in [-0.05, 0) is 30.3 Å². The zero-order chi connectivity index (χ0) is 10.7. The van der Waals surface area contributed by atoms with Crippen LogP contribution in [0.25, 0.3) is 0 Å². The van der Waals surface area contributed by atoms with E-state index >= 15 is 0 Å². The first kappa shape index (κ1) is 10.2. The van der Waals surface area contributed by atoms with Gasteiger partial charge in [0.15, 0.2) is 0 Å². The standard InChI is InChI=1S/C12H11BrN2/c13-10-5-4-8-12(9-10)15(14)11-6-2-1-3-7-11/h1-9H,14H2. The Morgan fingerprint density at radius 2 is 1.53 bits per heavy atom. The third-order valence-corrected chi connectivity index (χ3v) is 2.61. The summed E-state index contributed by atoms with van der Waals surface area (Å²) < 4.78 is 1.02. The highest BCUT2D eigenvalue weighted by molar-refractivity contribution is 9.10. The van der Waals surface area contributed by atoms with E-state index in [1.165, 1.54) is 0 Å². The van der Waals surface area contributed by atoms with E-state index in [9.17, 15) is 0 Å². The van der Waals surface area contributed by atoms with Gasteiger partial charge in [-0.2, -0.15) is 0 Å². The van der Waals surface area contributed by atoms with Crippen molar-refractivity contribution >= 4 is 27.3 Å². The Morgan fingerprint density at radius 3 is 2.20 bits per heavy atom. The molecular weight excluding hydrogens is 252 g/mol. The summed E-state index contributed by atoms with van der Waals surface area (Å²) in [4.78, 5) is 0. The molecular formula is C12H11BrN2. The van der Waals surface area contributed by atoms with Gasteiger partial charge in [0.2, 0.25) is 0 Å². The molecule has 0 bridgehead atoms. The number of halogens is 1. The lowest BCUT2D eigenvalue weighted by Crippen LogP contribution is -2.24. The molecule has 0 amide bonds. The molecule has 0 spiro atoms. The van der Waals surface area contributed by atoms with Crippen LogP contribution in [0.2, 0.25) is 0 Å². The molecule has 0 aliphatic carbocycles. The Kier molecular flexibility index (Phi) is 3.04. The molecule has 0 fully saturated rings. The lowest BCUT2D eigenvalue weighted by Gasteiger charge is -2.18. The second-order valence-electron chi connectivity index (χ2n) is 3.19. The number of nitrogens with two attached hydrogens (primary N) is 1. The normalized spacial score (nSPS) is 10.0. The summed E-state index contributed by atoms with van der Waals surface area (Å²) in [5.41, 5.74) is 1.92. The zero-order valence-electron chi connectivity index (χ0n) is 8.10. The first-order chi connectivity index (χ1) is 7.27. The van der Waals surface area contributed by atoms with Gasteiger partial charge in [-0.1, -0.05) is 40.2 Å². The molecule has 0 aliphatic rings. The fourth-order valence-corrected chi connectivity index (χ4v) is 1.75. The van der Waals surface area contributed by atoms with E-state index in [0.717, 1.165) is 15.8 Å². The lowest BCUT2D eigenvalue weighted by molar-refractivity contribution is 1.09. The lowest BCUT2D eigenvalue weighted by atomic mass is 10.2. The second-order valence-corrected chi connectivity index (χ2v) is 4.10. The molecule has 76 valence electrons. The summed E-state index contributed by atoms with van der Waals surface area (Å²) in [5.74, 6) is 6.00. The first-order valence-electron chi connectivity index (χ1n) is 4.63. The average molecular weight is 263 g/mol. The molecule has 0 aromatic heterocycles. The summed E-state index contributed by atoms with van der Waals surface area (Å²) in [6, 6.07) is 17.7. The highest BCUT2D eigenvalue weighted by atomic mass is 79.9. The average Bonchev–Trinajstić information content (AvgIpc) is 2.29. The molecule has 0 saturated heterocycles. The third-order valence-electron chi connectivity index (χ3n) is 2.12. The van der Waals surface area contributed by atoms with Gasteiger partial charge in [-0.25, -0.2) is 5.84 Å². The van der Waals surface area contributed by atoms with Crippen LogP contribution in [0.4, 0.5) is 11.4 Å². The van der Waals surface area contributed by atoms with Crippen LogP contribution in [0.15, 0.2) is 59.1 Å². The highest BCUT2D eigenvalue weighted by Gasteiger charge is 2.03. The number of nitrogens with zero attached hydrogens (tertiary/aromatic N) is 1. The molecule has 15 heavy (non-hydrogen) atoms. The van der Waals surface area contributed by atoms with Crippen LogP contribution < -0.4 is 10.9 Å². The van der Waals surface area contributed by atoms with Crippen molar-refractivity contribution in [1.82, 2.24) is 0 Å². The summed E-state index contributed by atoms with van der Waals surface area (Å²) >= 11 is 3.42. The van der Waals surface area contributed by atoms with Crippen molar-refractivity contribution in [3.05, 3.63) is 59.1 Å². The Bertz CT molecular complexity index is 442. The number of hydrogen-bond donors (Lipinski definition) is 1. The Balaban J connectivity index is 2.32. The van der Waals surface area contributed by atoms with Gasteiger partial charge in [0.1, 0.15) is 0 Å². The van der Waals surface area contributed by atoms with Gasteiger partial charge in [0.25, 0.3) is 0 Å². The number of hydrazine groups is 1. The van der Waals surface area contributed by atoms with Crippen molar-refractivity contribution in [2.24, 2.45) is 5.84 Å². The smallest absolute Gasteiger partial charge is 0.0586 e. The molecule has 2 nitrogen and oxygen atoms in total. The number of hydrogen-bond acceptors (Lipinski definition) is 2. The predicted octanol–water partition coefficient (Wildman–Crippen LogP) is 3.46. The Labute approximate surface area is 97.4 Å². The monoisotopic (exact) mass is 262 g/mol. The second kappa shape index (κ2) is 4.47. The van der Waals surface area contributed by atoms with Gasteiger partial charge in [0.05, 0.1) is 11.4 Å². The van der Waals surface area contributed by atoms with Crippen LogP contribution in [0, 0.1) is 0 Å². The maximum atomic E-state index is 6.00. The van der Waals surface area contributed by atoms with Crippen LogP contribution in [0.1, 0.15) is 0 Å². The van der Waals surface area contributed by atoms with Crippen molar-refractivity contribution in [2.75, 3.05) is 5.01 Å². The van der Waals surface area contributed by atoms with E-state index in [1.807, 2.05) is 54.6 Å². The van der Waals surface area contributed by atoms with Crippen molar-refractivity contribution in [1.29, 1.82) is 0 Å². The van der Waals surface area contributed by atoms with Gasteiger partial charge >= 0.3 is 0 Å². The number of benzene rings is 2. The fraction of sp³-hybridized carbons (Fsp3) is 0. The topological polar surface area (TPSA) is 29.3 Å². The van der Waals surface area contributed by atoms with Crippen LogP contribution in [0.5, 0.6) is 0 Å². The molecule has 0 aliphatic heterocycles. The molecule has 0 unspecified atom stereocenters. The van der Waals surface area contributed by atoms with Crippen LogP contribution in [-0.4, -0.2) is 0 Å². The number of anilines is 2. The van der Waals surface area contributed by atoms with Crippen LogP contribution >= 0.6 is 15.9 Å². The number of rotatable bonds is 2. The Morgan fingerprint density at radius 1 is 0.867 bits per heavy atom. The van der Waals surface area contributed by atoms with E-state index in [2.05, 4.69) is 15.9 Å². The molecule has 0 atom stereocenters. The summed E-state index contributed by atoms with van der Waals surface area (Å²) in [7, 11) is 0. The van der Waals surface area contributed by atoms with Gasteiger partial charge < -0.3 is 0 Å². The maximum Gasteiger partial charge on any atom is 0.0586 e. The molecule has 2 aromatic carbocycles. The summed E-state index contributed by atoms with van der Waals surface area (Å²) in [6.07, 6.45) is 0. The molecule has 2 rings (SSSR count). The molecule has 3 heteroatoms. The van der Waals surface area contributed by atoms with Crippen LogP contribution in [-0.2, 0) is 0 Å². The van der Waals surface area contributed by atoms with Gasteiger partial charge in [-0.15, -0.1) is 0 Å². The largest absolute Gasteiger partial charge is 0.280 e. The minimum absolute atomic E-state index is 0.954. The van der Waals surface area contributed by atoms with Crippen molar-refractivity contribution in [2.45, 2.75) is 0 Å². The van der Waals surface area contributed by atoms with E-state index < -0.39 is 0 Å². The molecule has 0 saturated carbocycles. The summed E-state index contributed by atoms with van der Waals surface area (Å²) in [6.45, 7) is 0. The molecule has 0 radical (unpaired) electrons. The highest BCUT2D eigenvalue weighted by Crippen LogP contribution is 2.23. The molecule has 0 heterocycles. The van der Waals surface area contributed by atoms with E-state index in [0.29, 0.717) is 0 Å². The SMILES string of the molecule is NN(c1ccccc1)c1cccc(Br)c1. The molecule has 2 N–H and O–H groups in total. The zero-order valence-corrected chi connectivity index (χ0v) is 9.68. The fourth-order valence-electron chi connectivity index (χ4n) is 1.36. The minimum atomic E-state index is 0.954. The minimum Gasteiger partial charge on any atom is -0.280 e. The first-order valence-corrected chi connectivity index (χ1v) is 5.42. The quantitative estimate of drug-likeness (QED) is 0.664. The van der Waals surface area contributed by atoms with E-state index in [-0.39, 0.29) is 0 Å². The van der Waals surface area contributed by atoms with Crippen molar-refractivity contribution in [3.8, 4) is 0 Å². The summed E-state index contributed by atoms with van der Waals surface area (Å²) in [5, 5.41) is 1.66. The maximum absolute atomic E-state index is 6.00. The van der Waals surface area contributed by atoms with E-state index in [4.69, 9.17) is 5.84 Å². The Hall–Kier alpha value is -1.32. The van der Waals surface area contributed by atoms with Crippen molar-refractivity contribution < 1.29 is 0 Å². The predicted molar refractivity (Wildman–Crippen MR) is 66.9 cm³/mol. The van der Waals surface area contributed by atoms with Gasteiger partial charge in [0, 0.05) is 4.47 Å².